The van der Waals surface area contributed by atoms with Gasteiger partial charge in [0.15, 0.2) is 0 Å². The topological polar surface area (TPSA) is 87.7 Å². The zero-order valence-corrected chi connectivity index (χ0v) is 17.0. The predicted molar refractivity (Wildman–Crippen MR) is 106 cm³/mol. The summed E-state index contributed by atoms with van der Waals surface area (Å²) in [7, 11) is -3.59. The highest BCUT2D eigenvalue weighted by Crippen LogP contribution is 2.18. The zero-order chi connectivity index (χ0) is 18.4. The molecule has 2 fully saturated rings. The number of nitrogens with one attached hydrogen (secondary N) is 2. The standard InChI is InChI=1S/C18H27N3O4S.ClH/c22-18(20-8-6-15-3-2-7-19-14-15)16-4-1-5-17(13-16)26(23,24)21-9-11-25-12-10-21;/h1,4-5,13,15,19H,2-3,6-12,14H2,(H,20,22);1H. The van der Waals surface area contributed by atoms with E-state index < -0.39 is 10.0 Å². The van der Waals surface area contributed by atoms with Gasteiger partial charge in [-0.05, 0) is 56.5 Å². The second kappa shape index (κ2) is 10.4. The van der Waals surface area contributed by atoms with Crippen molar-refractivity contribution in [2.24, 2.45) is 5.92 Å². The minimum absolute atomic E-state index is 0. The summed E-state index contributed by atoms with van der Waals surface area (Å²) < 4.78 is 32.0. The van der Waals surface area contributed by atoms with Crippen LogP contribution in [0.1, 0.15) is 29.6 Å². The van der Waals surface area contributed by atoms with Crippen LogP contribution in [0.5, 0.6) is 0 Å². The maximum atomic E-state index is 12.7. The summed E-state index contributed by atoms with van der Waals surface area (Å²) in [5.41, 5.74) is 0.376. The van der Waals surface area contributed by atoms with Gasteiger partial charge in [0, 0.05) is 25.2 Å². The zero-order valence-electron chi connectivity index (χ0n) is 15.4. The van der Waals surface area contributed by atoms with Gasteiger partial charge in [-0.15, -0.1) is 12.4 Å². The molecule has 27 heavy (non-hydrogen) atoms. The molecule has 0 saturated carbocycles. The second-order valence-electron chi connectivity index (χ2n) is 6.80. The van der Waals surface area contributed by atoms with Gasteiger partial charge in [-0.2, -0.15) is 4.31 Å². The molecule has 9 heteroatoms. The van der Waals surface area contributed by atoms with E-state index in [9.17, 15) is 13.2 Å². The van der Waals surface area contributed by atoms with E-state index in [-0.39, 0.29) is 23.2 Å². The molecule has 7 nitrogen and oxygen atoms in total. The van der Waals surface area contributed by atoms with Crippen molar-refractivity contribution in [1.29, 1.82) is 0 Å². The Morgan fingerprint density at radius 1 is 1.30 bits per heavy atom. The Labute approximate surface area is 167 Å². The van der Waals surface area contributed by atoms with Crippen LogP contribution in [0.2, 0.25) is 0 Å². The van der Waals surface area contributed by atoms with Gasteiger partial charge in [0.25, 0.3) is 5.91 Å². The van der Waals surface area contributed by atoms with Crippen molar-refractivity contribution in [1.82, 2.24) is 14.9 Å². The van der Waals surface area contributed by atoms with Crippen LogP contribution >= 0.6 is 12.4 Å². The maximum Gasteiger partial charge on any atom is 0.251 e. The first-order valence-electron chi connectivity index (χ1n) is 9.24. The predicted octanol–water partition coefficient (Wildman–Crippen LogP) is 1.25. The minimum atomic E-state index is -3.59. The van der Waals surface area contributed by atoms with Gasteiger partial charge in [0.2, 0.25) is 10.0 Å². The number of piperidine rings is 1. The van der Waals surface area contributed by atoms with Crippen LogP contribution < -0.4 is 10.6 Å². The van der Waals surface area contributed by atoms with Crippen molar-refractivity contribution in [3.8, 4) is 0 Å². The molecule has 2 heterocycles. The normalized spacial score (nSPS) is 21.3. The number of halogens is 1. The molecule has 0 aliphatic carbocycles. The number of rotatable bonds is 6. The lowest BCUT2D eigenvalue weighted by molar-refractivity contribution is 0.0730. The Bertz CT molecular complexity index is 717. The third-order valence-corrected chi connectivity index (χ3v) is 6.84. The quantitative estimate of drug-likeness (QED) is 0.727. The minimum Gasteiger partial charge on any atom is -0.379 e. The first-order chi connectivity index (χ1) is 12.6. The molecule has 2 N–H and O–H groups in total. The van der Waals surface area contributed by atoms with Crippen LogP contribution in [-0.2, 0) is 14.8 Å². The van der Waals surface area contributed by atoms with Crippen molar-refractivity contribution >= 4 is 28.3 Å². The molecule has 1 unspecified atom stereocenters. The molecule has 0 radical (unpaired) electrons. The van der Waals surface area contributed by atoms with Gasteiger partial charge in [-0.3, -0.25) is 4.79 Å². The average Bonchev–Trinajstić information content (AvgIpc) is 2.69. The van der Waals surface area contributed by atoms with E-state index in [4.69, 9.17) is 4.74 Å². The molecule has 2 saturated heterocycles. The van der Waals surface area contributed by atoms with E-state index in [0.29, 0.717) is 44.3 Å². The monoisotopic (exact) mass is 417 g/mol. The molecule has 1 amide bonds. The van der Waals surface area contributed by atoms with Crippen LogP contribution in [0.25, 0.3) is 0 Å². The summed E-state index contributed by atoms with van der Waals surface area (Å²) in [6, 6.07) is 6.26. The fraction of sp³-hybridized carbons (Fsp3) is 0.611. The fourth-order valence-corrected chi connectivity index (χ4v) is 4.85. The highest BCUT2D eigenvalue weighted by atomic mass is 35.5. The van der Waals surface area contributed by atoms with Gasteiger partial charge in [-0.1, -0.05) is 6.07 Å². The number of hydrogen-bond acceptors (Lipinski definition) is 5. The smallest absolute Gasteiger partial charge is 0.251 e. The molecule has 2 aliphatic heterocycles. The number of carbonyl (C=O) groups excluding carboxylic acids is 1. The van der Waals surface area contributed by atoms with Crippen LogP contribution in [0.15, 0.2) is 29.2 Å². The Morgan fingerprint density at radius 2 is 2.07 bits per heavy atom. The van der Waals surface area contributed by atoms with E-state index in [0.717, 1.165) is 19.5 Å². The number of morpholine rings is 1. The Balaban J connectivity index is 0.00000261. The summed E-state index contributed by atoms with van der Waals surface area (Å²) in [5.74, 6) is 0.366. The Hall–Kier alpha value is -1.19. The average molecular weight is 418 g/mol. The molecule has 0 bridgehead atoms. The maximum absolute atomic E-state index is 12.7. The first kappa shape index (κ1) is 22.1. The molecule has 0 aromatic heterocycles. The summed E-state index contributed by atoms with van der Waals surface area (Å²) >= 11 is 0. The van der Waals surface area contributed by atoms with Gasteiger partial charge >= 0.3 is 0 Å². The third-order valence-electron chi connectivity index (χ3n) is 4.94. The van der Waals surface area contributed by atoms with Crippen LogP contribution in [-0.4, -0.2) is 64.6 Å². The summed E-state index contributed by atoms with van der Waals surface area (Å²) in [6.07, 6.45) is 3.31. The number of benzene rings is 1. The van der Waals surface area contributed by atoms with Crippen molar-refractivity contribution < 1.29 is 17.9 Å². The second-order valence-corrected chi connectivity index (χ2v) is 8.74. The molecular weight excluding hydrogens is 390 g/mol. The van der Waals surface area contributed by atoms with Crippen LogP contribution in [0.3, 0.4) is 0 Å². The molecule has 3 rings (SSSR count). The number of hydrogen-bond donors (Lipinski definition) is 2. The van der Waals surface area contributed by atoms with Gasteiger partial charge in [0.05, 0.1) is 18.1 Å². The van der Waals surface area contributed by atoms with E-state index in [1.165, 1.54) is 29.3 Å². The highest BCUT2D eigenvalue weighted by Gasteiger charge is 2.26. The SMILES string of the molecule is Cl.O=C(NCCC1CCCNC1)c1cccc(S(=O)(=O)N2CCOCC2)c1. The van der Waals surface area contributed by atoms with E-state index in [2.05, 4.69) is 10.6 Å². The molecular formula is C18H28ClN3O4S. The molecule has 1 aromatic rings. The molecule has 152 valence electrons. The van der Waals surface area contributed by atoms with Gasteiger partial charge in [0.1, 0.15) is 0 Å². The van der Waals surface area contributed by atoms with Gasteiger partial charge in [-0.25, -0.2) is 8.42 Å². The van der Waals surface area contributed by atoms with Crippen molar-refractivity contribution in [2.45, 2.75) is 24.2 Å². The summed E-state index contributed by atoms with van der Waals surface area (Å²) in [4.78, 5) is 12.5. The van der Waals surface area contributed by atoms with Crippen LogP contribution in [0, 0.1) is 5.92 Å². The van der Waals surface area contributed by atoms with Crippen LogP contribution in [0.4, 0.5) is 0 Å². The largest absolute Gasteiger partial charge is 0.379 e. The van der Waals surface area contributed by atoms with E-state index in [1.807, 2.05) is 0 Å². The number of carbonyl (C=O) groups is 1. The third kappa shape index (κ3) is 5.89. The molecule has 2 aliphatic rings. The van der Waals surface area contributed by atoms with Crippen molar-refractivity contribution in [3.05, 3.63) is 29.8 Å². The lowest BCUT2D eigenvalue weighted by atomic mass is 9.96. The van der Waals surface area contributed by atoms with Gasteiger partial charge < -0.3 is 15.4 Å². The Morgan fingerprint density at radius 3 is 2.78 bits per heavy atom. The number of ether oxygens (including phenoxy) is 1. The molecule has 1 aromatic carbocycles. The highest BCUT2D eigenvalue weighted by molar-refractivity contribution is 7.89. The Kier molecular flexibility index (Phi) is 8.50. The number of sulfonamides is 1. The van der Waals surface area contributed by atoms with E-state index in [1.54, 1.807) is 12.1 Å². The number of amides is 1. The fourth-order valence-electron chi connectivity index (χ4n) is 3.40. The molecule has 1 atom stereocenters. The van der Waals surface area contributed by atoms with Crippen molar-refractivity contribution in [3.63, 3.8) is 0 Å². The lowest BCUT2D eigenvalue weighted by Crippen LogP contribution is -2.40. The molecule has 0 spiro atoms. The first-order valence-corrected chi connectivity index (χ1v) is 10.7. The van der Waals surface area contributed by atoms with E-state index >= 15 is 0 Å². The lowest BCUT2D eigenvalue weighted by Gasteiger charge is -2.26. The summed E-state index contributed by atoms with van der Waals surface area (Å²) in [6.45, 7) is 4.16. The number of nitrogens with zero attached hydrogens (tertiary/aromatic N) is 1. The summed E-state index contributed by atoms with van der Waals surface area (Å²) in [5, 5.41) is 6.28. The van der Waals surface area contributed by atoms with Crippen molar-refractivity contribution in [2.75, 3.05) is 45.9 Å².